The molecule has 23 heavy (non-hydrogen) atoms. The van der Waals surface area contributed by atoms with Crippen LogP contribution in [0.25, 0.3) is 0 Å². The molecule has 1 aliphatic rings. The van der Waals surface area contributed by atoms with E-state index in [2.05, 4.69) is 32.0 Å². The molecular weight excluding hydrogens is 407 g/mol. The van der Waals surface area contributed by atoms with Crippen molar-refractivity contribution >= 4 is 13.6 Å². The molecule has 1 aromatic heterocycles. The molecule has 0 N–H and O–H groups in total. The van der Waals surface area contributed by atoms with Crippen LogP contribution in [0.5, 0.6) is 5.88 Å². The van der Waals surface area contributed by atoms with Crippen molar-refractivity contribution in [3.8, 4) is 5.88 Å². The Morgan fingerprint density at radius 2 is 2.00 bits per heavy atom. The molecule has 3 nitrogen and oxygen atoms in total. The van der Waals surface area contributed by atoms with Crippen LogP contribution >= 0.6 is 13.6 Å². The van der Waals surface area contributed by atoms with Gasteiger partial charge in [-0.1, -0.05) is 30.3 Å². The third kappa shape index (κ3) is 5.98. The van der Waals surface area contributed by atoms with Crippen LogP contribution in [-0.2, 0) is 27.7 Å². The maximum absolute atomic E-state index is 5.93. The standard InChI is InChI=1S/C18H20NO2.BrH.Zn/c1-14-6-5-9-17(21-14)16-10-11-18(19-12-16)20-13-15-7-3-2-4-8-15;;/h2-5,7-8,10-12,14,17H,6,9,13H2,1H3;1H;/q-1;;+2/p-1/t14-,17-;;/m1../s1. The molecule has 2 aromatic rings. The molecule has 0 unspecified atom stereocenters. The van der Waals surface area contributed by atoms with Crippen molar-refractivity contribution in [2.45, 2.75) is 38.6 Å². The van der Waals surface area contributed by atoms with Gasteiger partial charge in [-0.05, 0) is 24.1 Å². The van der Waals surface area contributed by atoms with Gasteiger partial charge in [-0.25, -0.2) is 4.98 Å². The third-order valence-electron chi connectivity index (χ3n) is 3.64. The van der Waals surface area contributed by atoms with Crippen molar-refractivity contribution in [3.05, 3.63) is 66.2 Å². The summed E-state index contributed by atoms with van der Waals surface area (Å²) in [6.07, 6.45) is 6.55. The SMILES string of the molecule is C[C@@H]1C[CH-]C[C@H](c2ccc(OCc3ccccc3)nc2)O1.[Zn+][Br]. The second kappa shape index (κ2) is 10.2. The van der Waals surface area contributed by atoms with E-state index in [1.54, 1.807) is 0 Å². The van der Waals surface area contributed by atoms with Gasteiger partial charge in [0.1, 0.15) is 6.61 Å². The molecule has 0 amide bonds. The van der Waals surface area contributed by atoms with E-state index in [9.17, 15) is 0 Å². The van der Waals surface area contributed by atoms with E-state index in [1.807, 2.05) is 48.7 Å². The predicted molar refractivity (Wildman–Crippen MR) is 90.8 cm³/mol. The Morgan fingerprint density at radius 1 is 1.22 bits per heavy atom. The topological polar surface area (TPSA) is 31.4 Å². The Labute approximate surface area is 154 Å². The summed E-state index contributed by atoms with van der Waals surface area (Å²) in [5, 5.41) is 0. The zero-order valence-electron chi connectivity index (χ0n) is 13.3. The summed E-state index contributed by atoms with van der Waals surface area (Å²) in [6, 6.07) is 14.1. The zero-order chi connectivity index (χ0) is 16.5. The van der Waals surface area contributed by atoms with E-state index in [1.165, 1.54) is 16.3 Å². The molecule has 0 aliphatic carbocycles. The van der Waals surface area contributed by atoms with Gasteiger partial charge in [0, 0.05) is 18.4 Å². The number of hydrogen-bond acceptors (Lipinski definition) is 3. The number of benzene rings is 1. The van der Waals surface area contributed by atoms with Gasteiger partial charge in [0.2, 0.25) is 5.88 Å². The first-order valence-corrected chi connectivity index (χ1v) is 14.6. The van der Waals surface area contributed by atoms with Crippen LogP contribution in [-0.4, -0.2) is 11.1 Å². The van der Waals surface area contributed by atoms with Crippen molar-refractivity contribution in [3.63, 3.8) is 0 Å². The van der Waals surface area contributed by atoms with E-state index >= 15 is 0 Å². The summed E-state index contributed by atoms with van der Waals surface area (Å²) in [7, 11) is 0. The molecule has 5 heteroatoms. The van der Waals surface area contributed by atoms with Gasteiger partial charge < -0.3 is 15.9 Å². The second-order valence-corrected chi connectivity index (χ2v) is 5.40. The third-order valence-corrected chi connectivity index (χ3v) is 3.64. The molecule has 3 rings (SSSR count). The first-order chi connectivity index (χ1) is 11.3. The van der Waals surface area contributed by atoms with Crippen LogP contribution in [0.15, 0.2) is 48.7 Å². The van der Waals surface area contributed by atoms with Crippen LogP contribution in [0, 0.1) is 6.42 Å². The molecule has 1 fully saturated rings. The van der Waals surface area contributed by atoms with Crippen LogP contribution in [0.2, 0.25) is 0 Å². The normalized spacial score (nSPS) is 20.3. The van der Waals surface area contributed by atoms with Gasteiger partial charge in [0.15, 0.2) is 0 Å². The van der Waals surface area contributed by atoms with Gasteiger partial charge in [-0.2, -0.15) is 6.42 Å². The van der Waals surface area contributed by atoms with Gasteiger partial charge in [0.25, 0.3) is 0 Å². The number of nitrogens with zero attached hydrogens (tertiary/aromatic N) is 1. The molecule has 118 valence electrons. The van der Waals surface area contributed by atoms with Crippen LogP contribution in [0.1, 0.15) is 37.0 Å². The van der Waals surface area contributed by atoms with Crippen molar-refractivity contribution in [1.82, 2.24) is 4.98 Å². The van der Waals surface area contributed by atoms with E-state index in [4.69, 9.17) is 9.47 Å². The summed E-state index contributed by atoms with van der Waals surface area (Å²) in [4.78, 5) is 4.38. The minimum atomic E-state index is 0.129. The Hall–Kier alpha value is -0.767. The fourth-order valence-electron chi connectivity index (χ4n) is 2.49. The van der Waals surface area contributed by atoms with Crippen molar-refractivity contribution < 1.29 is 25.8 Å². The van der Waals surface area contributed by atoms with E-state index < -0.39 is 0 Å². The minimum absolute atomic E-state index is 0.129. The second-order valence-electron chi connectivity index (χ2n) is 5.40. The van der Waals surface area contributed by atoms with Crippen molar-refractivity contribution in [2.75, 3.05) is 0 Å². The van der Waals surface area contributed by atoms with Crippen molar-refractivity contribution in [2.24, 2.45) is 0 Å². The summed E-state index contributed by atoms with van der Waals surface area (Å²) >= 11 is 4.25. The molecule has 0 radical (unpaired) electrons. The van der Waals surface area contributed by atoms with Crippen LogP contribution in [0.4, 0.5) is 0 Å². The first kappa shape index (κ1) is 18.6. The first-order valence-electron chi connectivity index (χ1n) is 7.68. The summed E-state index contributed by atoms with van der Waals surface area (Å²) in [5.74, 6) is 0.649. The number of halogens is 1. The number of hydrogen-bond donors (Lipinski definition) is 0. The fourth-order valence-corrected chi connectivity index (χ4v) is 2.49. The van der Waals surface area contributed by atoms with Gasteiger partial charge >= 0.3 is 30.0 Å². The summed E-state index contributed by atoms with van der Waals surface area (Å²) in [5.41, 5.74) is 2.26. The predicted octanol–water partition coefficient (Wildman–Crippen LogP) is 4.95. The molecule has 0 spiro atoms. The Bertz CT molecular complexity index is 565. The van der Waals surface area contributed by atoms with Crippen LogP contribution in [0.3, 0.4) is 0 Å². The molecule has 2 atom stereocenters. The monoisotopic (exact) mass is 425 g/mol. The molecule has 1 aromatic carbocycles. The number of rotatable bonds is 4. The number of aromatic nitrogens is 1. The summed E-state index contributed by atoms with van der Waals surface area (Å²) in [6.45, 7) is 2.64. The maximum atomic E-state index is 5.93. The molecule has 0 bridgehead atoms. The molecule has 0 saturated carbocycles. The average molecular weight is 428 g/mol. The van der Waals surface area contributed by atoms with Gasteiger partial charge in [0.05, 0.1) is 6.10 Å². The Balaban J connectivity index is 0.000000924. The number of pyridine rings is 1. The van der Waals surface area contributed by atoms with E-state index in [0.29, 0.717) is 12.5 Å². The van der Waals surface area contributed by atoms with Gasteiger partial charge in [-0.15, -0.1) is 6.42 Å². The fraction of sp³-hybridized carbons (Fsp3) is 0.333. The summed E-state index contributed by atoms with van der Waals surface area (Å²) < 4.78 is 11.6. The quantitative estimate of drug-likeness (QED) is 0.511. The Kier molecular flexibility index (Phi) is 8.21. The average Bonchev–Trinajstić information content (AvgIpc) is 2.63. The molecular formula is C18H20BrNO2Zn. The number of ether oxygens (including phenoxy) is 2. The molecule has 2 heterocycles. The van der Waals surface area contributed by atoms with E-state index in [-0.39, 0.29) is 12.2 Å². The Morgan fingerprint density at radius 3 is 2.65 bits per heavy atom. The van der Waals surface area contributed by atoms with E-state index in [0.717, 1.165) is 24.0 Å². The van der Waals surface area contributed by atoms with Crippen LogP contribution < -0.4 is 4.74 Å². The zero-order valence-corrected chi connectivity index (χ0v) is 17.9. The van der Waals surface area contributed by atoms with Crippen molar-refractivity contribution in [1.29, 1.82) is 0 Å². The molecule has 1 saturated heterocycles. The van der Waals surface area contributed by atoms with Gasteiger partial charge in [-0.3, -0.25) is 0 Å². The molecule has 1 aliphatic heterocycles.